The van der Waals surface area contributed by atoms with Gasteiger partial charge in [0, 0.05) is 26.8 Å². The number of nitrogens with one attached hydrogen (secondary N) is 1. The van der Waals surface area contributed by atoms with Crippen LogP contribution in [-0.2, 0) is 19.4 Å². The Kier molecular flexibility index (Phi) is 4.75. The second-order valence-electron chi connectivity index (χ2n) is 7.66. The van der Waals surface area contributed by atoms with Crippen LogP contribution in [0.3, 0.4) is 0 Å². The number of rotatable bonds is 1. The summed E-state index contributed by atoms with van der Waals surface area (Å²) in [6, 6.07) is 8.37. The van der Waals surface area contributed by atoms with Gasteiger partial charge in [-0.3, -0.25) is 0 Å². The van der Waals surface area contributed by atoms with Gasteiger partial charge in [0.15, 0.2) is 0 Å². The lowest BCUT2D eigenvalue weighted by Crippen LogP contribution is -2.36. The highest BCUT2D eigenvalue weighted by molar-refractivity contribution is 9.10. The number of aryl methyl sites for hydroxylation is 1. The highest BCUT2D eigenvalue weighted by Crippen LogP contribution is 2.42. The van der Waals surface area contributed by atoms with Gasteiger partial charge in [0.1, 0.15) is 10.8 Å². The Morgan fingerprint density at radius 3 is 2.90 bits per heavy atom. The van der Waals surface area contributed by atoms with Gasteiger partial charge in [-0.2, -0.15) is 0 Å². The quantitative estimate of drug-likeness (QED) is 0.434. The van der Waals surface area contributed by atoms with Gasteiger partial charge in [-0.05, 0) is 68.5 Å². The molecule has 29 heavy (non-hydrogen) atoms. The Balaban J connectivity index is 1.54. The largest absolute Gasteiger partial charge is 0.322 e. The van der Waals surface area contributed by atoms with E-state index in [1.54, 1.807) is 12.1 Å². The van der Waals surface area contributed by atoms with Gasteiger partial charge in [0.25, 0.3) is 0 Å². The first kappa shape index (κ1) is 18.9. The van der Waals surface area contributed by atoms with Crippen LogP contribution < -0.4 is 5.32 Å². The maximum absolute atomic E-state index is 14.3. The predicted molar refractivity (Wildman–Crippen MR) is 117 cm³/mol. The van der Waals surface area contributed by atoms with Crippen LogP contribution >= 0.6 is 27.3 Å². The SMILES string of the molecule is C[C@H]1c2cccn2-c2sc3c(c2CN1C(=O)Nc1ccc(Br)cc1F)CCCC3. The third kappa shape index (κ3) is 3.20. The van der Waals surface area contributed by atoms with E-state index in [1.165, 1.54) is 39.9 Å². The smallest absolute Gasteiger partial charge is 0.312 e. The third-order valence-corrected chi connectivity index (χ3v) is 7.74. The third-order valence-electron chi connectivity index (χ3n) is 5.92. The van der Waals surface area contributed by atoms with Crippen molar-refractivity contribution in [3.05, 3.63) is 68.5 Å². The molecule has 5 rings (SSSR count). The second kappa shape index (κ2) is 7.29. The van der Waals surface area contributed by atoms with E-state index in [4.69, 9.17) is 0 Å². The van der Waals surface area contributed by atoms with Crippen LogP contribution in [0.2, 0.25) is 0 Å². The molecule has 1 aromatic carbocycles. The van der Waals surface area contributed by atoms with Crippen molar-refractivity contribution in [3.63, 3.8) is 0 Å². The molecule has 2 amide bonds. The molecular formula is C22H21BrFN3OS. The maximum atomic E-state index is 14.3. The van der Waals surface area contributed by atoms with Gasteiger partial charge in [0.05, 0.1) is 18.3 Å². The number of nitrogens with zero attached hydrogens (tertiary/aromatic N) is 2. The molecule has 3 aromatic rings. The molecule has 1 N–H and O–H groups in total. The Hall–Kier alpha value is -2.12. The molecule has 0 fully saturated rings. The number of benzene rings is 1. The summed E-state index contributed by atoms with van der Waals surface area (Å²) in [6.07, 6.45) is 6.70. The molecule has 0 saturated carbocycles. The van der Waals surface area contributed by atoms with Crippen molar-refractivity contribution in [2.45, 2.75) is 45.2 Å². The maximum Gasteiger partial charge on any atom is 0.322 e. The molecule has 1 aliphatic carbocycles. The first-order chi connectivity index (χ1) is 14.0. The van der Waals surface area contributed by atoms with Gasteiger partial charge in [-0.25, -0.2) is 9.18 Å². The zero-order valence-corrected chi connectivity index (χ0v) is 18.4. The number of hydrogen-bond acceptors (Lipinski definition) is 2. The topological polar surface area (TPSA) is 37.3 Å². The number of urea groups is 1. The summed E-state index contributed by atoms with van der Waals surface area (Å²) in [5, 5.41) is 4.01. The Bertz CT molecular complexity index is 1110. The van der Waals surface area contributed by atoms with Crippen LogP contribution in [-0.4, -0.2) is 15.5 Å². The van der Waals surface area contributed by atoms with E-state index in [0.717, 1.165) is 18.5 Å². The Labute approximate surface area is 181 Å². The number of anilines is 1. The summed E-state index contributed by atoms with van der Waals surface area (Å²) < 4.78 is 17.2. The fourth-order valence-corrected chi connectivity index (χ4v) is 6.12. The number of hydrogen-bond donors (Lipinski definition) is 1. The van der Waals surface area contributed by atoms with Crippen LogP contribution in [0.1, 0.15) is 47.5 Å². The minimum Gasteiger partial charge on any atom is -0.312 e. The van der Waals surface area contributed by atoms with E-state index < -0.39 is 5.82 Å². The summed E-state index contributed by atoms with van der Waals surface area (Å²) in [4.78, 5) is 16.5. The van der Waals surface area contributed by atoms with E-state index in [1.807, 2.05) is 29.2 Å². The molecule has 4 nitrogen and oxygen atoms in total. The Morgan fingerprint density at radius 2 is 2.07 bits per heavy atom. The van der Waals surface area contributed by atoms with Crippen molar-refractivity contribution in [1.29, 1.82) is 0 Å². The molecule has 7 heteroatoms. The van der Waals surface area contributed by atoms with Gasteiger partial charge >= 0.3 is 6.03 Å². The van der Waals surface area contributed by atoms with E-state index in [9.17, 15) is 9.18 Å². The van der Waals surface area contributed by atoms with Crippen LogP contribution in [0.25, 0.3) is 5.00 Å². The number of fused-ring (bicyclic) bond motifs is 5. The van der Waals surface area contributed by atoms with Crippen molar-refractivity contribution in [2.75, 3.05) is 5.32 Å². The predicted octanol–water partition coefficient (Wildman–Crippen LogP) is 6.43. The summed E-state index contributed by atoms with van der Waals surface area (Å²) in [7, 11) is 0. The van der Waals surface area contributed by atoms with Gasteiger partial charge in [0.2, 0.25) is 0 Å². The summed E-state index contributed by atoms with van der Waals surface area (Å²) in [5.74, 6) is -0.452. The molecule has 2 aromatic heterocycles. The molecule has 1 aliphatic heterocycles. The molecule has 2 aliphatic rings. The van der Waals surface area contributed by atoms with Crippen molar-refractivity contribution in [1.82, 2.24) is 9.47 Å². The summed E-state index contributed by atoms with van der Waals surface area (Å²) in [5.41, 5.74) is 3.93. The van der Waals surface area contributed by atoms with Crippen LogP contribution in [0.15, 0.2) is 41.0 Å². The lowest BCUT2D eigenvalue weighted by atomic mass is 9.95. The monoisotopic (exact) mass is 473 g/mol. The number of carbonyl (C=O) groups excluding carboxylic acids is 1. The van der Waals surface area contributed by atoms with E-state index in [0.29, 0.717) is 11.0 Å². The van der Waals surface area contributed by atoms with Crippen molar-refractivity contribution >= 4 is 39.0 Å². The zero-order valence-electron chi connectivity index (χ0n) is 16.0. The number of thiophene rings is 1. The average molecular weight is 474 g/mol. The van der Waals surface area contributed by atoms with Crippen molar-refractivity contribution < 1.29 is 9.18 Å². The number of amides is 2. The molecular weight excluding hydrogens is 453 g/mol. The molecule has 1 atom stereocenters. The first-order valence-electron chi connectivity index (χ1n) is 9.86. The lowest BCUT2D eigenvalue weighted by Gasteiger charge is -2.28. The number of halogens is 2. The lowest BCUT2D eigenvalue weighted by molar-refractivity contribution is 0.189. The Morgan fingerprint density at radius 1 is 1.24 bits per heavy atom. The molecule has 150 valence electrons. The number of aromatic nitrogens is 1. The fraction of sp³-hybridized carbons (Fsp3) is 0.318. The zero-order chi connectivity index (χ0) is 20.1. The van der Waals surface area contributed by atoms with Gasteiger partial charge in [-0.1, -0.05) is 15.9 Å². The molecule has 0 spiro atoms. The minimum absolute atomic E-state index is 0.123. The fourth-order valence-electron chi connectivity index (χ4n) is 4.39. The van der Waals surface area contributed by atoms with E-state index >= 15 is 0 Å². The highest BCUT2D eigenvalue weighted by atomic mass is 79.9. The highest BCUT2D eigenvalue weighted by Gasteiger charge is 2.33. The molecule has 0 radical (unpaired) electrons. The van der Waals surface area contributed by atoms with Gasteiger partial charge in [-0.15, -0.1) is 11.3 Å². The average Bonchev–Trinajstić information content (AvgIpc) is 3.30. The van der Waals surface area contributed by atoms with E-state index in [-0.39, 0.29) is 17.8 Å². The second-order valence-corrected chi connectivity index (χ2v) is 9.66. The first-order valence-corrected chi connectivity index (χ1v) is 11.5. The molecule has 3 heterocycles. The van der Waals surface area contributed by atoms with Crippen molar-refractivity contribution in [2.24, 2.45) is 0 Å². The van der Waals surface area contributed by atoms with Crippen LogP contribution in [0, 0.1) is 5.82 Å². The van der Waals surface area contributed by atoms with Crippen molar-refractivity contribution in [3.8, 4) is 5.00 Å². The number of carbonyl (C=O) groups is 1. The standard InChI is InChI=1S/C22H21BrFN3OS/c1-13-19-6-4-10-26(19)21-16(15-5-2-3-7-20(15)29-21)12-27(13)22(28)25-18-9-8-14(23)11-17(18)24/h4,6,8-11,13H,2-3,5,7,12H2,1H3,(H,25,28)/t13-/m0/s1. The molecule has 0 unspecified atom stereocenters. The summed E-state index contributed by atoms with van der Waals surface area (Å²) in [6.45, 7) is 2.57. The van der Waals surface area contributed by atoms with Crippen LogP contribution in [0.5, 0.6) is 0 Å². The molecule has 0 bridgehead atoms. The minimum atomic E-state index is -0.452. The summed E-state index contributed by atoms with van der Waals surface area (Å²) >= 11 is 5.12. The van der Waals surface area contributed by atoms with E-state index in [2.05, 4.69) is 38.1 Å². The molecule has 0 saturated heterocycles. The normalized spacial score (nSPS) is 17.9. The van der Waals surface area contributed by atoms with Crippen LogP contribution in [0.4, 0.5) is 14.9 Å². The van der Waals surface area contributed by atoms with Gasteiger partial charge < -0.3 is 14.8 Å².